The minimum absolute atomic E-state index is 0.211. The van der Waals surface area contributed by atoms with Crippen LogP contribution in [0.1, 0.15) is 45.9 Å². The maximum absolute atomic E-state index is 6.10. The number of hydrogen-bond acceptors (Lipinski definition) is 3. The van der Waals surface area contributed by atoms with Gasteiger partial charge in [0.25, 0.3) is 0 Å². The van der Waals surface area contributed by atoms with E-state index in [2.05, 4.69) is 45.1 Å². The van der Waals surface area contributed by atoms with Crippen molar-refractivity contribution in [3.8, 4) is 0 Å². The molecule has 0 bridgehead atoms. The number of rotatable bonds is 7. The molecule has 0 aliphatic rings. The van der Waals surface area contributed by atoms with E-state index in [-0.39, 0.29) is 6.04 Å². The van der Waals surface area contributed by atoms with Gasteiger partial charge in [0.2, 0.25) is 0 Å². The summed E-state index contributed by atoms with van der Waals surface area (Å²) in [6.45, 7) is 8.77. The van der Waals surface area contributed by atoms with Crippen LogP contribution in [-0.2, 0) is 6.42 Å². The predicted molar refractivity (Wildman–Crippen MR) is 76.5 cm³/mol. The van der Waals surface area contributed by atoms with Crippen molar-refractivity contribution in [2.24, 2.45) is 5.73 Å². The Morgan fingerprint density at radius 1 is 1.41 bits per heavy atom. The molecule has 1 aromatic heterocycles. The molecule has 0 saturated heterocycles. The molecule has 3 nitrogen and oxygen atoms in total. The van der Waals surface area contributed by atoms with Gasteiger partial charge >= 0.3 is 0 Å². The molecule has 0 aliphatic heterocycles. The fourth-order valence-corrected chi connectivity index (χ4v) is 2.31. The van der Waals surface area contributed by atoms with Gasteiger partial charge in [-0.15, -0.1) is 0 Å². The largest absolute Gasteiger partial charge is 0.327 e. The first-order valence-corrected chi connectivity index (χ1v) is 7.49. The van der Waals surface area contributed by atoms with Gasteiger partial charge in [0.1, 0.15) is 0 Å². The summed E-state index contributed by atoms with van der Waals surface area (Å²) < 4.78 is 2.04. The van der Waals surface area contributed by atoms with E-state index in [9.17, 15) is 0 Å². The monoisotopic (exact) mass is 255 g/mol. The van der Waals surface area contributed by atoms with Gasteiger partial charge in [-0.3, -0.25) is 4.68 Å². The maximum Gasteiger partial charge on any atom is 0.0640 e. The first-order valence-electron chi connectivity index (χ1n) is 6.44. The van der Waals surface area contributed by atoms with Gasteiger partial charge in [0.05, 0.1) is 5.69 Å². The molecule has 2 N–H and O–H groups in total. The zero-order valence-electron chi connectivity index (χ0n) is 11.4. The topological polar surface area (TPSA) is 43.8 Å². The van der Waals surface area contributed by atoms with E-state index in [0.717, 1.165) is 24.3 Å². The zero-order valence-corrected chi connectivity index (χ0v) is 12.2. The minimum atomic E-state index is 0.211. The summed E-state index contributed by atoms with van der Waals surface area (Å²) in [7, 11) is 0. The lowest BCUT2D eigenvalue weighted by atomic mass is 10.2. The van der Waals surface area contributed by atoms with Crippen molar-refractivity contribution in [3.05, 3.63) is 18.0 Å². The fraction of sp³-hybridized carbons (Fsp3) is 0.769. The van der Waals surface area contributed by atoms with E-state index in [0.29, 0.717) is 11.3 Å². The SMILES string of the molecule is CCC(C)n1ccc(CC(N)CSC(C)C)n1. The van der Waals surface area contributed by atoms with Crippen LogP contribution in [0.4, 0.5) is 0 Å². The molecule has 1 heterocycles. The Kier molecular flexibility index (Phi) is 6.06. The van der Waals surface area contributed by atoms with E-state index in [1.807, 2.05) is 16.4 Å². The molecule has 98 valence electrons. The van der Waals surface area contributed by atoms with Crippen LogP contribution >= 0.6 is 11.8 Å². The van der Waals surface area contributed by atoms with Crippen LogP contribution in [0.2, 0.25) is 0 Å². The highest BCUT2D eigenvalue weighted by Gasteiger charge is 2.09. The van der Waals surface area contributed by atoms with Crippen molar-refractivity contribution < 1.29 is 0 Å². The lowest BCUT2D eigenvalue weighted by Crippen LogP contribution is -2.26. The van der Waals surface area contributed by atoms with Crippen LogP contribution in [0.15, 0.2) is 12.3 Å². The molecule has 4 heteroatoms. The van der Waals surface area contributed by atoms with Crippen molar-refractivity contribution in [3.63, 3.8) is 0 Å². The lowest BCUT2D eigenvalue weighted by Gasteiger charge is -2.12. The Hall–Kier alpha value is -0.480. The Morgan fingerprint density at radius 2 is 2.12 bits per heavy atom. The van der Waals surface area contributed by atoms with Gasteiger partial charge in [0, 0.05) is 30.5 Å². The average Bonchev–Trinajstić information content (AvgIpc) is 2.73. The second-order valence-electron chi connectivity index (χ2n) is 4.89. The number of thioether (sulfide) groups is 1. The Morgan fingerprint density at radius 3 is 2.71 bits per heavy atom. The van der Waals surface area contributed by atoms with Crippen molar-refractivity contribution in [1.29, 1.82) is 0 Å². The van der Waals surface area contributed by atoms with E-state index in [1.54, 1.807) is 0 Å². The van der Waals surface area contributed by atoms with E-state index in [1.165, 1.54) is 0 Å². The molecule has 0 spiro atoms. The van der Waals surface area contributed by atoms with Crippen molar-refractivity contribution in [1.82, 2.24) is 9.78 Å². The molecule has 0 saturated carbocycles. The van der Waals surface area contributed by atoms with Crippen molar-refractivity contribution in [2.75, 3.05) is 5.75 Å². The van der Waals surface area contributed by atoms with Gasteiger partial charge in [-0.2, -0.15) is 16.9 Å². The highest BCUT2D eigenvalue weighted by Crippen LogP contribution is 2.13. The molecule has 1 aromatic rings. The van der Waals surface area contributed by atoms with Crippen LogP contribution in [0.3, 0.4) is 0 Å². The third-order valence-corrected chi connectivity index (χ3v) is 4.11. The Labute approximate surface area is 109 Å². The summed E-state index contributed by atoms with van der Waals surface area (Å²) >= 11 is 1.92. The lowest BCUT2D eigenvalue weighted by molar-refractivity contribution is 0.472. The molecule has 0 aromatic carbocycles. The van der Waals surface area contributed by atoms with Crippen LogP contribution in [-0.4, -0.2) is 26.8 Å². The molecule has 17 heavy (non-hydrogen) atoms. The smallest absolute Gasteiger partial charge is 0.0640 e. The first-order chi connectivity index (χ1) is 8.02. The molecule has 0 amide bonds. The van der Waals surface area contributed by atoms with Gasteiger partial charge in [-0.25, -0.2) is 0 Å². The number of hydrogen-bond donors (Lipinski definition) is 1. The Bertz CT molecular complexity index is 322. The molecule has 0 fully saturated rings. The van der Waals surface area contributed by atoms with Crippen LogP contribution in [0.5, 0.6) is 0 Å². The quantitative estimate of drug-likeness (QED) is 0.815. The van der Waals surface area contributed by atoms with Crippen LogP contribution in [0, 0.1) is 0 Å². The molecule has 0 radical (unpaired) electrons. The van der Waals surface area contributed by atoms with Crippen molar-refractivity contribution >= 4 is 11.8 Å². The normalized spacial score (nSPS) is 15.2. The highest BCUT2D eigenvalue weighted by atomic mass is 32.2. The predicted octanol–water partition coefficient (Wildman–Crippen LogP) is 2.87. The maximum atomic E-state index is 6.10. The molecule has 2 atom stereocenters. The summed E-state index contributed by atoms with van der Waals surface area (Å²) in [6, 6.07) is 2.78. The van der Waals surface area contributed by atoms with E-state index < -0.39 is 0 Å². The number of aromatic nitrogens is 2. The van der Waals surface area contributed by atoms with Gasteiger partial charge < -0.3 is 5.73 Å². The summed E-state index contributed by atoms with van der Waals surface area (Å²) in [5.41, 5.74) is 7.21. The third kappa shape index (κ3) is 5.13. The highest BCUT2D eigenvalue weighted by molar-refractivity contribution is 7.99. The fourth-order valence-electron chi connectivity index (χ4n) is 1.56. The van der Waals surface area contributed by atoms with Gasteiger partial charge in [-0.05, 0) is 24.7 Å². The summed E-state index contributed by atoms with van der Waals surface area (Å²) in [5, 5.41) is 5.23. The van der Waals surface area contributed by atoms with Gasteiger partial charge in [-0.1, -0.05) is 20.8 Å². The van der Waals surface area contributed by atoms with Crippen LogP contribution < -0.4 is 5.73 Å². The van der Waals surface area contributed by atoms with Crippen molar-refractivity contribution in [2.45, 2.75) is 57.9 Å². The molecule has 1 rings (SSSR count). The summed E-state index contributed by atoms with van der Waals surface area (Å²) in [4.78, 5) is 0. The number of nitrogens with zero attached hydrogens (tertiary/aromatic N) is 2. The second kappa shape index (κ2) is 7.07. The summed E-state index contributed by atoms with van der Waals surface area (Å²) in [6.07, 6.45) is 4.05. The van der Waals surface area contributed by atoms with Crippen LogP contribution in [0.25, 0.3) is 0 Å². The van der Waals surface area contributed by atoms with Gasteiger partial charge in [0.15, 0.2) is 0 Å². The molecule has 2 unspecified atom stereocenters. The minimum Gasteiger partial charge on any atom is -0.327 e. The molecular weight excluding hydrogens is 230 g/mol. The number of nitrogens with two attached hydrogens (primary N) is 1. The first kappa shape index (κ1) is 14.6. The average molecular weight is 255 g/mol. The Balaban J connectivity index is 2.43. The van der Waals surface area contributed by atoms with E-state index in [4.69, 9.17) is 5.73 Å². The second-order valence-corrected chi connectivity index (χ2v) is 6.50. The van der Waals surface area contributed by atoms with E-state index >= 15 is 0 Å². The molecular formula is C13H25N3S. The standard InChI is InChI=1S/C13H25N3S/c1-5-11(4)16-7-6-13(15-16)8-12(14)9-17-10(2)3/h6-7,10-12H,5,8-9,14H2,1-4H3. The molecule has 0 aliphatic carbocycles. The summed E-state index contributed by atoms with van der Waals surface area (Å²) in [5.74, 6) is 1.01. The zero-order chi connectivity index (χ0) is 12.8. The third-order valence-electron chi connectivity index (χ3n) is 2.82.